The van der Waals surface area contributed by atoms with Gasteiger partial charge in [0.25, 0.3) is 0 Å². The Bertz CT molecular complexity index is 957. The molecule has 3 aromatic rings. The molecule has 134 valence electrons. The summed E-state index contributed by atoms with van der Waals surface area (Å²) < 4.78 is 38.0. The number of hydrogen-bond acceptors (Lipinski definition) is 2. The number of aromatic nitrogens is 1. The summed E-state index contributed by atoms with van der Waals surface area (Å²) in [6, 6.07) is 12.2. The van der Waals surface area contributed by atoms with E-state index >= 15 is 0 Å². The molecule has 3 nitrogen and oxygen atoms in total. The standard InChI is InChI=1S/C20H17F3N2O/c21-20(22,23)13-7-5-12(6-8-13)11-17(26)19-18-15(9-10-24-19)14-3-1-2-4-16(14)25-18/h1-8,19,24-25H,9-11H2. The van der Waals surface area contributed by atoms with E-state index in [2.05, 4.69) is 10.3 Å². The van der Waals surface area contributed by atoms with Crippen LogP contribution in [0.4, 0.5) is 13.2 Å². The number of fused-ring (bicyclic) bond motifs is 3. The van der Waals surface area contributed by atoms with E-state index in [1.165, 1.54) is 12.1 Å². The number of rotatable bonds is 3. The zero-order valence-corrected chi connectivity index (χ0v) is 13.9. The number of carbonyl (C=O) groups is 1. The second kappa shape index (κ2) is 6.29. The monoisotopic (exact) mass is 358 g/mol. The zero-order chi connectivity index (χ0) is 18.3. The second-order valence-electron chi connectivity index (χ2n) is 6.54. The minimum absolute atomic E-state index is 0.0581. The lowest BCUT2D eigenvalue weighted by molar-refractivity contribution is -0.137. The van der Waals surface area contributed by atoms with Crippen molar-refractivity contribution in [3.8, 4) is 0 Å². The predicted molar refractivity (Wildman–Crippen MR) is 92.9 cm³/mol. The van der Waals surface area contributed by atoms with E-state index in [0.717, 1.165) is 40.7 Å². The third-order valence-corrected chi connectivity index (χ3v) is 4.84. The fourth-order valence-corrected chi connectivity index (χ4v) is 3.57. The topological polar surface area (TPSA) is 44.9 Å². The van der Waals surface area contributed by atoms with Crippen molar-refractivity contribution >= 4 is 16.7 Å². The van der Waals surface area contributed by atoms with Gasteiger partial charge in [-0.3, -0.25) is 4.79 Å². The predicted octanol–water partition coefficient (Wildman–Crippen LogP) is 4.19. The molecule has 1 unspecified atom stereocenters. The van der Waals surface area contributed by atoms with Gasteiger partial charge in [-0.1, -0.05) is 30.3 Å². The molecule has 0 saturated carbocycles. The first-order chi connectivity index (χ1) is 12.4. The number of ketones is 1. The second-order valence-corrected chi connectivity index (χ2v) is 6.54. The smallest absolute Gasteiger partial charge is 0.356 e. The molecule has 0 fully saturated rings. The number of benzene rings is 2. The van der Waals surface area contributed by atoms with Gasteiger partial charge >= 0.3 is 6.18 Å². The maximum absolute atomic E-state index is 12.8. The molecule has 2 heterocycles. The highest BCUT2D eigenvalue weighted by Gasteiger charge is 2.31. The zero-order valence-electron chi connectivity index (χ0n) is 13.9. The summed E-state index contributed by atoms with van der Waals surface area (Å²) in [5.41, 5.74) is 2.88. The lowest BCUT2D eigenvalue weighted by atomic mass is 9.94. The van der Waals surface area contributed by atoms with Crippen molar-refractivity contribution in [2.45, 2.75) is 25.1 Å². The van der Waals surface area contributed by atoms with Crippen LogP contribution in [0, 0.1) is 0 Å². The number of aromatic amines is 1. The maximum Gasteiger partial charge on any atom is 0.416 e. The number of hydrogen-bond donors (Lipinski definition) is 2. The van der Waals surface area contributed by atoms with Crippen molar-refractivity contribution in [2.24, 2.45) is 0 Å². The Kier molecular flexibility index (Phi) is 4.07. The fourth-order valence-electron chi connectivity index (χ4n) is 3.57. The van der Waals surface area contributed by atoms with Gasteiger partial charge in [0, 0.05) is 29.6 Å². The summed E-state index contributed by atoms with van der Waals surface area (Å²) in [7, 11) is 0. The lowest BCUT2D eigenvalue weighted by Crippen LogP contribution is -2.35. The van der Waals surface area contributed by atoms with Crippen LogP contribution in [0.5, 0.6) is 0 Å². The van der Waals surface area contributed by atoms with Gasteiger partial charge < -0.3 is 10.3 Å². The van der Waals surface area contributed by atoms with Crippen LogP contribution in [0.1, 0.15) is 28.4 Å². The average molecular weight is 358 g/mol. The Morgan fingerprint density at radius 2 is 1.81 bits per heavy atom. The highest BCUT2D eigenvalue weighted by atomic mass is 19.4. The molecule has 1 aliphatic rings. The summed E-state index contributed by atoms with van der Waals surface area (Å²) in [6.07, 6.45) is -3.44. The molecule has 1 atom stereocenters. The number of Topliss-reactive ketones (excluding diaryl/α,β-unsaturated/α-hetero) is 1. The molecule has 0 aliphatic carbocycles. The van der Waals surface area contributed by atoms with Crippen molar-refractivity contribution in [2.75, 3.05) is 6.54 Å². The summed E-state index contributed by atoms with van der Waals surface area (Å²) in [6.45, 7) is 0.693. The van der Waals surface area contributed by atoms with Gasteiger partial charge in [0.2, 0.25) is 0 Å². The summed E-state index contributed by atoms with van der Waals surface area (Å²) in [4.78, 5) is 16.1. The molecule has 2 aromatic carbocycles. The average Bonchev–Trinajstić information content (AvgIpc) is 3.00. The fraction of sp³-hybridized carbons (Fsp3) is 0.250. The number of para-hydroxylation sites is 1. The number of carbonyl (C=O) groups excluding carboxylic acids is 1. The van der Waals surface area contributed by atoms with Gasteiger partial charge in [0.15, 0.2) is 5.78 Å². The minimum atomic E-state index is -4.37. The van der Waals surface area contributed by atoms with Crippen LogP contribution in [0.3, 0.4) is 0 Å². The van der Waals surface area contributed by atoms with Crippen molar-refractivity contribution in [1.82, 2.24) is 10.3 Å². The number of H-pyrrole nitrogens is 1. The van der Waals surface area contributed by atoms with Gasteiger partial charge in [-0.2, -0.15) is 13.2 Å². The Labute approximate surface area is 148 Å². The van der Waals surface area contributed by atoms with Crippen molar-refractivity contribution in [3.05, 3.63) is 70.9 Å². The summed E-state index contributed by atoms with van der Waals surface area (Å²) in [5, 5.41) is 4.35. The molecule has 1 aliphatic heterocycles. The van der Waals surface area contributed by atoms with Gasteiger partial charge in [0.1, 0.15) is 6.04 Å². The van der Waals surface area contributed by atoms with Gasteiger partial charge in [-0.05, 0) is 35.7 Å². The molecule has 0 bridgehead atoms. The molecule has 0 spiro atoms. The van der Waals surface area contributed by atoms with Crippen LogP contribution in [0.15, 0.2) is 48.5 Å². The van der Waals surface area contributed by atoms with E-state index in [9.17, 15) is 18.0 Å². The number of alkyl halides is 3. The maximum atomic E-state index is 12.8. The quantitative estimate of drug-likeness (QED) is 0.738. The molecule has 0 radical (unpaired) electrons. The minimum Gasteiger partial charge on any atom is -0.356 e. The molecule has 6 heteroatoms. The molecule has 26 heavy (non-hydrogen) atoms. The molecular formula is C20H17F3N2O. The number of halogens is 3. The summed E-state index contributed by atoms with van der Waals surface area (Å²) in [5.74, 6) is -0.0581. The SMILES string of the molecule is O=C(Cc1ccc(C(F)(F)F)cc1)C1NCCc2c1[nH]c1ccccc21. The first kappa shape index (κ1) is 16.8. The Morgan fingerprint density at radius 1 is 1.08 bits per heavy atom. The summed E-state index contributed by atoms with van der Waals surface area (Å²) >= 11 is 0. The van der Waals surface area contributed by atoms with Crippen LogP contribution in [0.2, 0.25) is 0 Å². The van der Waals surface area contributed by atoms with Crippen LogP contribution in [-0.4, -0.2) is 17.3 Å². The first-order valence-corrected chi connectivity index (χ1v) is 8.45. The van der Waals surface area contributed by atoms with Crippen LogP contribution >= 0.6 is 0 Å². The highest BCUT2D eigenvalue weighted by Crippen LogP contribution is 2.32. The molecule has 0 saturated heterocycles. The van der Waals surface area contributed by atoms with Crippen LogP contribution < -0.4 is 5.32 Å². The van der Waals surface area contributed by atoms with E-state index in [1.807, 2.05) is 24.3 Å². The van der Waals surface area contributed by atoms with Gasteiger partial charge in [-0.15, -0.1) is 0 Å². The van der Waals surface area contributed by atoms with E-state index < -0.39 is 17.8 Å². The Hall–Kier alpha value is -2.60. The van der Waals surface area contributed by atoms with E-state index in [4.69, 9.17) is 0 Å². The third-order valence-electron chi connectivity index (χ3n) is 4.84. The molecule has 4 rings (SSSR count). The van der Waals surface area contributed by atoms with Gasteiger partial charge in [0.05, 0.1) is 5.56 Å². The number of nitrogens with one attached hydrogen (secondary N) is 2. The molecule has 1 aromatic heterocycles. The van der Waals surface area contributed by atoms with Gasteiger partial charge in [-0.25, -0.2) is 0 Å². The van der Waals surface area contributed by atoms with E-state index in [0.29, 0.717) is 12.1 Å². The third kappa shape index (κ3) is 3.01. The van der Waals surface area contributed by atoms with E-state index in [1.54, 1.807) is 0 Å². The first-order valence-electron chi connectivity index (χ1n) is 8.45. The van der Waals surface area contributed by atoms with Crippen LogP contribution in [0.25, 0.3) is 10.9 Å². The molecule has 2 N–H and O–H groups in total. The van der Waals surface area contributed by atoms with Crippen molar-refractivity contribution in [3.63, 3.8) is 0 Å². The van der Waals surface area contributed by atoms with Crippen molar-refractivity contribution < 1.29 is 18.0 Å². The van der Waals surface area contributed by atoms with Crippen molar-refractivity contribution in [1.29, 1.82) is 0 Å². The molecule has 0 amide bonds. The highest BCUT2D eigenvalue weighted by molar-refractivity contribution is 5.92. The van der Waals surface area contributed by atoms with E-state index in [-0.39, 0.29) is 12.2 Å². The molecular weight excluding hydrogens is 341 g/mol. The van der Waals surface area contributed by atoms with Crippen LogP contribution in [-0.2, 0) is 23.8 Å². The largest absolute Gasteiger partial charge is 0.416 e. The lowest BCUT2D eigenvalue weighted by Gasteiger charge is -2.23. The Morgan fingerprint density at radius 3 is 2.54 bits per heavy atom. The normalized spacial score (nSPS) is 17.3. The Balaban J connectivity index is 1.58.